The van der Waals surface area contributed by atoms with Crippen LogP contribution in [0.3, 0.4) is 0 Å². The van der Waals surface area contributed by atoms with Gasteiger partial charge >= 0.3 is 0 Å². The van der Waals surface area contributed by atoms with E-state index in [2.05, 4.69) is 26.5 Å². The molecule has 0 unspecified atom stereocenters. The Bertz CT molecular complexity index is 187. The van der Waals surface area contributed by atoms with Crippen LogP contribution in [0.5, 0.6) is 0 Å². The number of rotatable bonds is 5. The highest BCUT2D eigenvalue weighted by Gasteiger charge is 2.17. The molecule has 0 aliphatic heterocycles. The first kappa shape index (κ1) is 11.2. The number of hydrogen-bond acceptors (Lipinski definition) is 1. The summed E-state index contributed by atoms with van der Waals surface area (Å²) in [7, 11) is 0. The summed E-state index contributed by atoms with van der Waals surface area (Å²) in [5.41, 5.74) is 0.0886. The summed E-state index contributed by atoms with van der Waals surface area (Å²) in [6, 6.07) is 0. The molecule has 0 heterocycles. The second kappa shape index (κ2) is 4.91. The molecular formula is C11H18O. The lowest BCUT2D eigenvalue weighted by Gasteiger charge is -2.20. The van der Waals surface area contributed by atoms with Crippen LogP contribution < -0.4 is 0 Å². The van der Waals surface area contributed by atoms with Gasteiger partial charge in [0.2, 0.25) is 0 Å². The minimum Gasteiger partial charge on any atom is -0.300 e. The quantitative estimate of drug-likeness (QED) is 0.573. The first-order chi connectivity index (χ1) is 5.48. The lowest BCUT2D eigenvalue weighted by atomic mass is 9.84. The van der Waals surface area contributed by atoms with Gasteiger partial charge in [0.15, 0.2) is 0 Å². The first-order valence-electron chi connectivity index (χ1n) is 4.25. The molecule has 0 N–H and O–H groups in total. The second-order valence-corrected chi connectivity index (χ2v) is 3.91. The number of carbonyl (C=O) groups excluding carboxylic acids is 1. The maximum atomic E-state index is 10.8. The molecule has 0 amide bonds. The summed E-state index contributed by atoms with van der Waals surface area (Å²) in [5, 5.41) is 0. The summed E-state index contributed by atoms with van der Waals surface area (Å²) in [5.74, 6) is 0.256. The van der Waals surface area contributed by atoms with Crippen molar-refractivity contribution in [3.05, 3.63) is 24.8 Å². The van der Waals surface area contributed by atoms with E-state index in [1.165, 1.54) is 0 Å². The third kappa shape index (κ3) is 5.90. The van der Waals surface area contributed by atoms with Crippen LogP contribution in [0.1, 0.15) is 33.6 Å². The van der Waals surface area contributed by atoms with Gasteiger partial charge in [0.1, 0.15) is 5.78 Å². The highest BCUT2D eigenvalue weighted by atomic mass is 16.1. The number of allylic oxidation sites excluding steroid dienone is 3. The fourth-order valence-electron chi connectivity index (χ4n) is 1.23. The Kier molecular flexibility index (Phi) is 4.57. The highest BCUT2D eigenvalue weighted by molar-refractivity contribution is 5.76. The van der Waals surface area contributed by atoms with Crippen molar-refractivity contribution in [1.29, 1.82) is 0 Å². The standard InChI is InChI=1S/C11H18O/c1-5-6-7-8-11(3,4)9-10(2)12/h5-7H,1,8-9H2,2-4H3/b7-6+. The van der Waals surface area contributed by atoms with E-state index in [1.54, 1.807) is 13.0 Å². The van der Waals surface area contributed by atoms with Crippen LogP contribution >= 0.6 is 0 Å². The van der Waals surface area contributed by atoms with Crippen molar-refractivity contribution in [2.24, 2.45) is 5.41 Å². The molecule has 0 aromatic carbocycles. The smallest absolute Gasteiger partial charge is 0.130 e. The van der Waals surface area contributed by atoms with Crippen LogP contribution in [-0.2, 0) is 4.79 Å². The van der Waals surface area contributed by atoms with Crippen LogP contribution in [0, 0.1) is 5.41 Å². The van der Waals surface area contributed by atoms with Crippen LogP contribution in [0.2, 0.25) is 0 Å². The molecule has 0 aromatic heterocycles. The molecule has 0 saturated heterocycles. The average molecular weight is 166 g/mol. The van der Waals surface area contributed by atoms with Gasteiger partial charge in [0.25, 0.3) is 0 Å². The minimum atomic E-state index is 0.0886. The second-order valence-electron chi connectivity index (χ2n) is 3.91. The Morgan fingerprint density at radius 3 is 2.50 bits per heavy atom. The van der Waals surface area contributed by atoms with E-state index in [-0.39, 0.29) is 11.2 Å². The molecule has 1 heteroatoms. The van der Waals surface area contributed by atoms with Crippen molar-refractivity contribution in [3.63, 3.8) is 0 Å². The van der Waals surface area contributed by atoms with Gasteiger partial charge in [-0.2, -0.15) is 0 Å². The summed E-state index contributed by atoms with van der Waals surface area (Å²) >= 11 is 0. The normalized spacial score (nSPS) is 11.9. The van der Waals surface area contributed by atoms with Gasteiger partial charge in [-0.05, 0) is 18.8 Å². The molecule has 68 valence electrons. The summed E-state index contributed by atoms with van der Waals surface area (Å²) < 4.78 is 0. The molecule has 0 radical (unpaired) electrons. The minimum absolute atomic E-state index is 0.0886. The van der Waals surface area contributed by atoms with Crippen molar-refractivity contribution in [2.45, 2.75) is 33.6 Å². The zero-order chi connectivity index (χ0) is 9.61. The van der Waals surface area contributed by atoms with Gasteiger partial charge < -0.3 is 4.79 Å². The van der Waals surface area contributed by atoms with E-state index in [1.807, 2.05) is 6.08 Å². The van der Waals surface area contributed by atoms with Crippen molar-refractivity contribution >= 4 is 5.78 Å². The van der Waals surface area contributed by atoms with E-state index in [0.717, 1.165) is 6.42 Å². The van der Waals surface area contributed by atoms with E-state index >= 15 is 0 Å². The van der Waals surface area contributed by atoms with Crippen molar-refractivity contribution in [3.8, 4) is 0 Å². The number of ketones is 1. The largest absolute Gasteiger partial charge is 0.300 e. The highest BCUT2D eigenvalue weighted by Crippen LogP contribution is 2.25. The van der Waals surface area contributed by atoms with E-state index in [4.69, 9.17) is 0 Å². The topological polar surface area (TPSA) is 17.1 Å². The third-order valence-corrected chi connectivity index (χ3v) is 1.67. The summed E-state index contributed by atoms with van der Waals surface area (Å²) in [6.07, 6.45) is 7.30. The maximum absolute atomic E-state index is 10.8. The number of Topliss-reactive ketones (excluding diaryl/α,β-unsaturated/α-hetero) is 1. The molecule has 0 fully saturated rings. The van der Waals surface area contributed by atoms with Crippen molar-refractivity contribution in [2.75, 3.05) is 0 Å². The van der Waals surface area contributed by atoms with Gasteiger partial charge in [0.05, 0.1) is 0 Å². The summed E-state index contributed by atoms with van der Waals surface area (Å²) in [4.78, 5) is 10.8. The van der Waals surface area contributed by atoms with Crippen molar-refractivity contribution < 1.29 is 4.79 Å². The molecule has 0 bridgehead atoms. The van der Waals surface area contributed by atoms with Gasteiger partial charge in [0, 0.05) is 6.42 Å². The lowest BCUT2D eigenvalue weighted by molar-refractivity contribution is -0.118. The van der Waals surface area contributed by atoms with Gasteiger partial charge in [-0.25, -0.2) is 0 Å². The van der Waals surface area contributed by atoms with Crippen LogP contribution in [-0.4, -0.2) is 5.78 Å². The molecule has 0 aromatic rings. The maximum Gasteiger partial charge on any atom is 0.130 e. The van der Waals surface area contributed by atoms with E-state index in [0.29, 0.717) is 6.42 Å². The van der Waals surface area contributed by atoms with Gasteiger partial charge in [-0.1, -0.05) is 38.7 Å². The molecule has 0 rings (SSSR count). The molecule has 0 saturated carbocycles. The lowest BCUT2D eigenvalue weighted by Crippen LogP contribution is -2.14. The zero-order valence-corrected chi connectivity index (χ0v) is 8.26. The number of carbonyl (C=O) groups is 1. The molecule has 0 atom stereocenters. The molecule has 0 aliphatic rings. The Morgan fingerprint density at radius 1 is 1.50 bits per heavy atom. The number of hydrogen-bond donors (Lipinski definition) is 0. The molecule has 0 spiro atoms. The predicted molar refractivity (Wildman–Crippen MR) is 53.0 cm³/mol. The fourth-order valence-corrected chi connectivity index (χ4v) is 1.23. The van der Waals surface area contributed by atoms with Crippen LogP contribution in [0.25, 0.3) is 0 Å². The summed E-state index contributed by atoms with van der Waals surface area (Å²) in [6.45, 7) is 9.42. The van der Waals surface area contributed by atoms with Gasteiger partial charge in [-0.15, -0.1) is 0 Å². The average Bonchev–Trinajstić information content (AvgIpc) is 1.84. The van der Waals surface area contributed by atoms with E-state index < -0.39 is 0 Å². The molecule has 1 nitrogen and oxygen atoms in total. The fraction of sp³-hybridized carbons (Fsp3) is 0.545. The van der Waals surface area contributed by atoms with Gasteiger partial charge in [-0.3, -0.25) is 0 Å². The predicted octanol–water partition coefficient (Wildman–Crippen LogP) is 3.12. The Balaban J connectivity index is 3.94. The van der Waals surface area contributed by atoms with Crippen LogP contribution in [0.4, 0.5) is 0 Å². The Hall–Kier alpha value is -0.850. The Labute approximate surface area is 75.2 Å². The monoisotopic (exact) mass is 166 g/mol. The third-order valence-electron chi connectivity index (χ3n) is 1.67. The SMILES string of the molecule is C=C/C=C/CC(C)(C)CC(C)=O. The molecule has 0 aliphatic carbocycles. The first-order valence-corrected chi connectivity index (χ1v) is 4.25. The molecule has 12 heavy (non-hydrogen) atoms. The zero-order valence-electron chi connectivity index (χ0n) is 8.26. The van der Waals surface area contributed by atoms with E-state index in [9.17, 15) is 4.79 Å². The molecular weight excluding hydrogens is 148 g/mol. The van der Waals surface area contributed by atoms with Crippen molar-refractivity contribution in [1.82, 2.24) is 0 Å². The Morgan fingerprint density at radius 2 is 2.08 bits per heavy atom. The van der Waals surface area contributed by atoms with Crippen LogP contribution in [0.15, 0.2) is 24.8 Å².